The number of benzene rings is 1. The van der Waals surface area contributed by atoms with E-state index >= 15 is 0 Å². The molecule has 0 atom stereocenters. The Morgan fingerprint density at radius 3 is 2.42 bits per heavy atom. The monoisotopic (exact) mass is 277 g/mol. The molecule has 0 bridgehead atoms. The van der Waals surface area contributed by atoms with Crippen LogP contribution in [-0.4, -0.2) is 37.0 Å². The predicted octanol–water partition coefficient (Wildman–Crippen LogP) is 3.28. The number of carbonyl (C=O) groups is 1. The van der Waals surface area contributed by atoms with Crippen molar-refractivity contribution in [3.63, 3.8) is 0 Å². The maximum Gasteiger partial charge on any atom is 0.390 e. The van der Waals surface area contributed by atoms with Crippen LogP contribution >= 0.6 is 0 Å². The molecule has 0 saturated carbocycles. The lowest BCUT2D eigenvalue weighted by atomic mass is 10.1. The number of halogens is 4. The molecular formula is C13H15F4NO. The largest absolute Gasteiger partial charge is 0.390 e. The van der Waals surface area contributed by atoms with Gasteiger partial charge in [0, 0.05) is 19.5 Å². The van der Waals surface area contributed by atoms with Crippen molar-refractivity contribution in [2.24, 2.45) is 0 Å². The second-order valence-corrected chi connectivity index (χ2v) is 4.32. The molecular weight excluding hydrogens is 262 g/mol. The molecule has 0 aliphatic heterocycles. The molecule has 0 aromatic heterocycles. The molecule has 0 spiro atoms. The fraction of sp³-hybridized carbons (Fsp3) is 0.462. The summed E-state index contributed by atoms with van der Waals surface area (Å²) in [6.45, 7) is -0.00268. The fourth-order valence-corrected chi connectivity index (χ4v) is 1.54. The number of rotatable bonds is 6. The Morgan fingerprint density at radius 1 is 1.21 bits per heavy atom. The van der Waals surface area contributed by atoms with Crippen molar-refractivity contribution in [3.8, 4) is 0 Å². The van der Waals surface area contributed by atoms with Crippen LogP contribution < -0.4 is 0 Å². The highest BCUT2D eigenvalue weighted by Crippen LogP contribution is 2.19. The zero-order chi connectivity index (χ0) is 14.5. The smallest absolute Gasteiger partial charge is 0.306 e. The molecule has 0 fully saturated rings. The summed E-state index contributed by atoms with van der Waals surface area (Å²) in [6, 6.07) is 5.57. The quantitative estimate of drug-likeness (QED) is 0.587. The van der Waals surface area contributed by atoms with E-state index in [2.05, 4.69) is 0 Å². The molecule has 0 unspecified atom stereocenters. The molecule has 0 aliphatic rings. The van der Waals surface area contributed by atoms with Gasteiger partial charge < -0.3 is 4.90 Å². The molecule has 1 aromatic rings. The summed E-state index contributed by atoms with van der Waals surface area (Å²) in [5.41, 5.74) is -0.0216. The molecule has 0 heterocycles. The van der Waals surface area contributed by atoms with Gasteiger partial charge in [-0.25, -0.2) is 4.39 Å². The second-order valence-electron chi connectivity index (χ2n) is 4.32. The van der Waals surface area contributed by atoms with E-state index in [1.807, 2.05) is 0 Å². The van der Waals surface area contributed by atoms with Gasteiger partial charge in [0.25, 0.3) is 0 Å². The molecule has 106 valence electrons. The number of hydrogen-bond donors (Lipinski definition) is 0. The minimum absolute atomic E-state index is 0.00467. The molecule has 0 saturated heterocycles. The fourth-order valence-electron chi connectivity index (χ4n) is 1.54. The minimum atomic E-state index is -4.20. The van der Waals surface area contributed by atoms with Crippen molar-refractivity contribution < 1.29 is 22.4 Å². The van der Waals surface area contributed by atoms with Gasteiger partial charge in [-0.2, -0.15) is 13.2 Å². The number of nitrogens with zero attached hydrogens (tertiary/aromatic N) is 1. The van der Waals surface area contributed by atoms with E-state index in [9.17, 15) is 22.4 Å². The Hall–Kier alpha value is -1.43. The number of Topliss-reactive ketones (excluding diaryl/α,β-unsaturated/α-hetero) is 1. The third-order valence-electron chi connectivity index (χ3n) is 2.67. The number of ketones is 1. The molecule has 0 amide bonds. The van der Waals surface area contributed by atoms with Crippen LogP contribution in [0.3, 0.4) is 0 Å². The van der Waals surface area contributed by atoms with Crippen LogP contribution in [0, 0.1) is 5.82 Å². The van der Waals surface area contributed by atoms with Crippen molar-refractivity contribution in [3.05, 3.63) is 35.6 Å². The van der Waals surface area contributed by atoms with E-state index in [0.717, 1.165) is 0 Å². The summed E-state index contributed by atoms with van der Waals surface area (Å²) in [5.74, 6) is -1.01. The molecule has 1 rings (SSSR count). The van der Waals surface area contributed by atoms with Crippen molar-refractivity contribution in [2.45, 2.75) is 19.0 Å². The molecule has 2 nitrogen and oxygen atoms in total. The Morgan fingerprint density at radius 2 is 1.84 bits per heavy atom. The minimum Gasteiger partial charge on any atom is -0.306 e. The normalized spacial score (nSPS) is 11.9. The molecule has 1 aromatic carbocycles. The van der Waals surface area contributed by atoms with E-state index in [4.69, 9.17) is 0 Å². The first kappa shape index (κ1) is 15.6. The highest BCUT2D eigenvalue weighted by Gasteiger charge is 2.27. The van der Waals surface area contributed by atoms with Gasteiger partial charge >= 0.3 is 6.18 Å². The van der Waals surface area contributed by atoms with Gasteiger partial charge in [-0.05, 0) is 19.2 Å². The third-order valence-corrected chi connectivity index (χ3v) is 2.67. The molecule has 0 aliphatic carbocycles. The molecule has 6 heteroatoms. The van der Waals surface area contributed by atoms with Crippen LogP contribution in [0.2, 0.25) is 0 Å². The SMILES string of the molecule is CN(CCC(=O)c1ccccc1F)CCC(F)(F)F. The maximum absolute atomic E-state index is 13.3. The summed E-state index contributed by atoms with van der Waals surface area (Å²) in [7, 11) is 1.50. The number of alkyl halides is 3. The van der Waals surface area contributed by atoms with Crippen molar-refractivity contribution in [2.75, 3.05) is 20.1 Å². The lowest BCUT2D eigenvalue weighted by Gasteiger charge is -2.17. The summed E-state index contributed by atoms with van der Waals surface area (Å²) >= 11 is 0. The van der Waals surface area contributed by atoms with Gasteiger partial charge in [0.05, 0.1) is 12.0 Å². The van der Waals surface area contributed by atoms with Gasteiger partial charge in [0.1, 0.15) is 5.82 Å². The van der Waals surface area contributed by atoms with Gasteiger partial charge in [0.2, 0.25) is 0 Å². The van der Waals surface area contributed by atoms with Crippen LogP contribution in [0.5, 0.6) is 0 Å². The topological polar surface area (TPSA) is 20.3 Å². The van der Waals surface area contributed by atoms with E-state index in [0.29, 0.717) is 0 Å². The van der Waals surface area contributed by atoms with Crippen LogP contribution in [0.15, 0.2) is 24.3 Å². The molecule has 19 heavy (non-hydrogen) atoms. The first-order chi connectivity index (χ1) is 8.79. The zero-order valence-corrected chi connectivity index (χ0v) is 10.5. The standard InChI is InChI=1S/C13H15F4NO/c1-18(9-7-13(15,16)17)8-6-12(19)10-4-2-3-5-11(10)14/h2-5H,6-9H2,1H3. The Bertz CT molecular complexity index is 431. The Balaban J connectivity index is 2.41. The van der Waals surface area contributed by atoms with Crippen LogP contribution in [0.4, 0.5) is 17.6 Å². The van der Waals surface area contributed by atoms with Crippen molar-refractivity contribution >= 4 is 5.78 Å². The van der Waals surface area contributed by atoms with Crippen LogP contribution in [0.1, 0.15) is 23.2 Å². The highest BCUT2D eigenvalue weighted by molar-refractivity contribution is 5.96. The van der Waals surface area contributed by atoms with Crippen molar-refractivity contribution in [1.29, 1.82) is 0 Å². The van der Waals surface area contributed by atoms with Crippen molar-refractivity contribution in [1.82, 2.24) is 4.90 Å². The van der Waals surface area contributed by atoms with E-state index in [-0.39, 0.29) is 25.1 Å². The Labute approximate surface area is 109 Å². The molecule has 0 radical (unpaired) electrons. The molecule has 0 N–H and O–H groups in total. The summed E-state index contributed by atoms with van der Waals surface area (Å²) in [5, 5.41) is 0. The van der Waals surface area contributed by atoms with Gasteiger partial charge in [-0.1, -0.05) is 12.1 Å². The first-order valence-electron chi connectivity index (χ1n) is 5.82. The highest BCUT2D eigenvalue weighted by atomic mass is 19.4. The summed E-state index contributed by atoms with van der Waals surface area (Å²) in [4.78, 5) is 13.1. The third kappa shape index (κ3) is 5.83. The average molecular weight is 277 g/mol. The number of carbonyl (C=O) groups excluding carboxylic acids is 1. The average Bonchev–Trinajstić information content (AvgIpc) is 2.33. The van der Waals surface area contributed by atoms with Crippen LogP contribution in [-0.2, 0) is 0 Å². The first-order valence-corrected chi connectivity index (χ1v) is 5.82. The predicted molar refractivity (Wildman–Crippen MR) is 63.5 cm³/mol. The van der Waals surface area contributed by atoms with Gasteiger partial charge in [-0.15, -0.1) is 0 Å². The van der Waals surface area contributed by atoms with Gasteiger partial charge in [-0.3, -0.25) is 4.79 Å². The van der Waals surface area contributed by atoms with E-state index in [1.54, 1.807) is 6.07 Å². The maximum atomic E-state index is 13.3. The van der Waals surface area contributed by atoms with Gasteiger partial charge in [0.15, 0.2) is 5.78 Å². The Kier molecular flexibility index (Phi) is 5.47. The summed E-state index contributed by atoms with van der Waals surface area (Å²) in [6.07, 6.45) is -5.13. The number of hydrogen-bond acceptors (Lipinski definition) is 2. The second kappa shape index (κ2) is 6.65. The lowest BCUT2D eigenvalue weighted by Crippen LogP contribution is -2.26. The lowest BCUT2D eigenvalue weighted by molar-refractivity contribution is -0.137. The van der Waals surface area contributed by atoms with E-state index in [1.165, 1.54) is 30.1 Å². The summed E-state index contributed by atoms with van der Waals surface area (Å²) < 4.78 is 49.3. The van der Waals surface area contributed by atoms with E-state index < -0.39 is 24.2 Å². The van der Waals surface area contributed by atoms with Crippen LogP contribution in [0.25, 0.3) is 0 Å². The zero-order valence-electron chi connectivity index (χ0n) is 10.5.